The number of benzene rings is 1. The minimum Gasteiger partial charge on any atom is -0.336 e. The first-order valence-corrected chi connectivity index (χ1v) is 10.5. The number of carbonyl (C=O) groups excluding carboxylic acids is 1. The quantitative estimate of drug-likeness (QED) is 0.524. The zero-order valence-electron chi connectivity index (χ0n) is 14.8. The van der Waals surface area contributed by atoms with E-state index in [4.69, 9.17) is 34.8 Å². The number of amides is 1. The van der Waals surface area contributed by atoms with Gasteiger partial charge in [0.05, 0.1) is 0 Å². The molecule has 1 aliphatic carbocycles. The average Bonchev–Trinajstić information content (AvgIpc) is 3.42. The van der Waals surface area contributed by atoms with Crippen molar-refractivity contribution < 1.29 is 4.79 Å². The van der Waals surface area contributed by atoms with Crippen LogP contribution in [0.4, 0.5) is 0 Å². The van der Waals surface area contributed by atoms with Gasteiger partial charge < -0.3 is 10.2 Å². The van der Waals surface area contributed by atoms with Gasteiger partial charge in [0.25, 0.3) is 0 Å². The Kier molecular flexibility index (Phi) is 7.09. The van der Waals surface area contributed by atoms with E-state index in [0.29, 0.717) is 6.54 Å². The Morgan fingerprint density at radius 3 is 2.50 bits per heavy atom. The van der Waals surface area contributed by atoms with E-state index in [0.717, 1.165) is 26.1 Å². The summed E-state index contributed by atoms with van der Waals surface area (Å²) < 4.78 is -1.59. The summed E-state index contributed by atoms with van der Waals surface area (Å²) in [5.41, 5.74) is 1.19. The van der Waals surface area contributed by atoms with Crippen molar-refractivity contribution >= 4 is 40.7 Å². The third-order valence-corrected chi connectivity index (χ3v) is 5.85. The van der Waals surface area contributed by atoms with Crippen LogP contribution in [0.1, 0.15) is 37.2 Å². The smallest absolute Gasteiger partial charge is 0.225 e. The van der Waals surface area contributed by atoms with Crippen LogP contribution < -0.4 is 10.6 Å². The highest BCUT2D eigenvalue weighted by atomic mass is 35.6. The lowest BCUT2D eigenvalue weighted by Gasteiger charge is -2.30. The minimum atomic E-state index is -1.59. The predicted molar refractivity (Wildman–Crippen MR) is 108 cm³/mol. The second kappa shape index (κ2) is 9.11. The van der Waals surface area contributed by atoms with E-state index >= 15 is 0 Å². The number of nitrogens with zero attached hydrogens (tertiary/aromatic N) is 1. The summed E-state index contributed by atoms with van der Waals surface area (Å²) in [6.07, 6.45) is 3.94. The maximum absolute atomic E-state index is 12.6. The number of rotatable bonds is 7. The highest BCUT2D eigenvalue weighted by Gasteiger charge is 2.45. The zero-order chi connectivity index (χ0) is 18.6. The Hall–Kier alpha value is -0.520. The second-order valence-corrected chi connectivity index (χ2v) is 9.57. The van der Waals surface area contributed by atoms with Crippen molar-refractivity contribution in [1.82, 2.24) is 15.5 Å². The molecule has 2 fully saturated rings. The number of hydrogen-bond acceptors (Lipinski definition) is 3. The first-order chi connectivity index (χ1) is 12.4. The van der Waals surface area contributed by atoms with Crippen molar-refractivity contribution in [3.8, 4) is 0 Å². The molecule has 3 atom stereocenters. The Bertz CT molecular complexity index is 587. The third-order valence-electron chi connectivity index (χ3n) is 5.19. The molecule has 1 amide bonds. The van der Waals surface area contributed by atoms with E-state index in [1.54, 1.807) is 0 Å². The minimum absolute atomic E-state index is 0.0452. The molecule has 1 saturated heterocycles. The molecule has 26 heavy (non-hydrogen) atoms. The van der Waals surface area contributed by atoms with Crippen LogP contribution in [0.25, 0.3) is 0 Å². The Morgan fingerprint density at radius 1 is 1.15 bits per heavy atom. The monoisotopic (exact) mass is 417 g/mol. The van der Waals surface area contributed by atoms with E-state index in [2.05, 4.69) is 27.7 Å². The molecule has 0 radical (unpaired) electrons. The van der Waals surface area contributed by atoms with E-state index in [-0.39, 0.29) is 17.7 Å². The number of carbonyl (C=O) groups is 1. The molecule has 1 aromatic carbocycles. The van der Waals surface area contributed by atoms with Crippen LogP contribution in [-0.4, -0.2) is 46.9 Å². The predicted octanol–water partition coefficient (Wildman–Crippen LogP) is 3.68. The normalized spacial score (nSPS) is 24.9. The lowest BCUT2D eigenvalue weighted by molar-refractivity contribution is -0.123. The van der Waals surface area contributed by atoms with Crippen LogP contribution in [0.15, 0.2) is 30.3 Å². The van der Waals surface area contributed by atoms with Crippen LogP contribution in [0.5, 0.6) is 0 Å². The molecule has 0 aromatic heterocycles. The maximum atomic E-state index is 12.6. The van der Waals surface area contributed by atoms with Crippen molar-refractivity contribution in [2.45, 2.75) is 41.6 Å². The fraction of sp³-hybridized carbons (Fsp3) is 0.632. The van der Waals surface area contributed by atoms with Crippen LogP contribution in [-0.2, 0) is 4.79 Å². The topological polar surface area (TPSA) is 44.4 Å². The van der Waals surface area contributed by atoms with Crippen molar-refractivity contribution in [3.63, 3.8) is 0 Å². The molecule has 3 rings (SSSR count). The first kappa shape index (κ1) is 20.2. The number of likely N-dealkylation sites (tertiary alicyclic amines) is 1. The van der Waals surface area contributed by atoms with Crippen molar-refractivity contribution in [2.75, 3.05) is 26.2 Å². The summed E-state index contributed by atoms with van der Waals surface area (Å²) in [6.45, 7) is 3.80. The summed E-state index contributed by atoms with van der Waals surface area (Å²) in [5.74, 6) is 0.164. The summed E-state index contributed by atoms with van der Waals surface area (Å²) in [7, 11) is 0. The Balaban J connectivity index is 1.48. The zero-order valence-corrected chi connectivity index (χ0v) is 17.0. The van der Waals surface area contributed by atoms with Crippen LogP contribution in [0.3, 0.4) is 0 Å². The van der Waals surface area contributed by atoms with E-state index in [1.165, 1.54) is 24.8 Å². The molecule has 0 spiro atoms. The number of hydrogen-bond donors (Lipinski definition) is 2. The highest BCUT2D eigenvalue weighted by Crippen LogP contribution is 2.47. The molecule has 1 saturated carbocycles. The van der Waals surface area contributed by atoms with Crippen molar-refractivity contribution in [3.05, 3.63) is 35.9 Å². The van der Waals surface area contributed by atoms with Crippen molar-refractivity contribution in [1.29, 1.82) is 0 Å². The maximum Gasteiger partial charge on any atom is 0.225 e. The fourth-order valence-corrected chi connectivity index (χ4v) is 4.00. The first-order valence-electron chi connectivity index (χ1n) is 9.33. The Morgan fingerprint density at radius 2 is 1.85 bits per heavy atom. The number of piperidine rings is 1. The molecule has 144 valence electrons. The molecule has 0 unspecified atom stereocenters. The largest absolute Gasteiger partial charge is 0.336 e. The average molecular weight is 419 g/mol. The van der Waals surface area contributed by atoms with E-state index < -0.39 is 9.96 Å². The Labute approximate surface area is 170 Å². The molecule has 1 aromatic rings. The standard InChI is InChI=1S/C19H26Cl3N3O/c20-19(21,22)18(23-9-12-25-10-5-2-6-11-25)24-17(26)16-13-15(16)14-7-3-1-4-8-14/h1,3-4,7-8,15-16,18,23H,2,5-6,9-13H2,(H,24,26)/t15-,16+,18-/m1/s1. The van der Waals surface area contributed by atoms with Crippen molar-refractivity contribution in [2.24, 2.45) is 5.92 Å². The third kappa shape index (κ3) is 5.74. The van der Waals surface area contributed by atoms with Gasteiger partial charge in [-0.1, -0.05) is 71.6 Å². The van der Waals surface area contributed by atoms with Gasteiger partial charge in [0.15, 0.2) is 0 Å². The number of alkyl halides is 3. The van der Waals surface area contributed by atoms with Crippen LogP contribution in [0, 0.1) is 5.92 Å². The molecule has 7 heteroatoms. The summed E-state index contributed by atoms with van der Waals surface area (Å²) in [6, 6.07) is 10.1. The molecule has 1 aliphatic heterocycles. The van der Waals surface area contributed by atoms with Gasteiger partial charge in [-0.05, 0) is 43.8 Å². The summed E-state index contributed by atoms with van der Waals surface area (Å²) in [4.78, 5) is 15.0. The fourth-order valence-electron chi connectivity index (χ4n) is 3.60. The lowest BCUT2D eigenvalue weighted by Crippen LogP contribution is -2.55. The second-order valence-electron chi connectivity index (χ2n) is 7.20. The molecule has 2 aliphatic rings. The van der Waals surface area contributed by atoms with Crippen LogP contribution >= 0.6 is 34.8 Å². The van der Waals surface area contributed by atoms with E-state index in [1.807, 2.05) is 18.2 Å². The van der Waals surface area contributed by atoms with Gasteiger partial charge in [0.1, 0.15) is 6.17 Å². The lowest BCUT2D eigenvalue weighted by atomic mass is 10.1. The van der Waals surface area contributed by atoms with Gasteiger partial charge in [-0.15, -0.1) is 0 Å². The molecule has 4 nitrogen and oxygen atoms in total. The summed E-state index contributed by atoms with van der Waals surface area (Å²) in [5, 5.41) is 6.10. The van der Waals surface area contributed by atoms with Gasteiger partial charge in [-0.3, -0.25) is 10.1 Å². The van der Waals surface area contributed by atoms with Gasteiger partial charge in [0.2, 0.25) is 9.70 Å². The summed E-state index contributed by atoms with van der Waals surface area (Å²) >= 11 is 18.2. The van der Waals surface area contributed by atoms with Crippen LogP contribution in [0.2, 0.25) is 0 Å². The van der Waals surface area contributed by atoms with E-state index in [9.17, 15) is 4.79 Å². The van der Waals surface area contributed by atoms with Gasteiger partial charge in [-0.25, -0.2) is 0 Å². The molecule has 1 heterocycles. The highest BCUT2D eigenvalue weighted by molar-refractivity contribution is 6.68. The number of halogens is 3. The number of nitrogens with one attached hydrogen (secondary N) is 2. The van der Waals surface area contributed by atoms with Gasteiger partial charge in [-0.2, -0.15) is 0 Å². The molecular weight excluding hydrogens is 393 g/mol. The molecule has 0 bridgehead atoms. The molecular formula is C19H26Cl3N3O. The van der Waals surface area contributed by atoms with Gasteiger partial charge in [0, 0.05) is 19.0 Å². The van der Waals surface area contributed by atoms with Gasteiger partial charge >= 0.3 is 0 Å². The molecule has 2 N–H and O–H groups in total. The SMILES string of the molecule is O=C(N[C@@H](NCCN1CCCCC1)C(Cl)(Cl)Cl)[C@H]1C[C@@H]1c1ccccc1.